The Morgan fingerprint density at radius 1 is 1.06 bits per heavy atom. The molecule has 0 saturated heterocycles. The summed E-state index contributed by atoms with van der Waals surface area (Å²) in [5, 5.41) is 22.3. The molecule has 0 aliphatic rings. The maximum absolute atomic E-state index is 9.71. The van der Waals surface area contributed by atoms with Crippen LogP contribution in [0, 0.1) is 0 Å². The second kappa shape index (κ2) is 4.75. The molecule has 0 fully saturated rings. The second-order valence-corrected chi connectivity index (χ2v) is 3.76. The molecule has 0 heterocycles. The Kier molecular flexibility index (Phi) is 3.14. The topological polar surface area (TPSA) is 87.7 Å². The maximum atomic E-state index is 9.71. The van der Waals surface area contributed by atoms with Crippen LogP contribution in [0.5, 0.6) is 17.2 Å². The highest BCUT2D eigenvalue weighted by atomic mass is 16.5. The van der Waals surface area contributed by atoms with Crippen molar-refractivity contribution < 1.29 is 14.9 Å². The van der Waals surface area contributed by atoms with Crippen LogP contribution in [-0.2, 0) is 0 Å². The van der Waals surface area contributed by atoms with E-state index in [-0.39, 0.29) is 17.2 Å². The zero-order chi connectivity index (χ0) is 13.1. The van der Waals surface area contributed by atoms with Gasteiger partial charge in [-0.3, -0.25) is 0 Å². The van der Waals surface area contributed by atoms with Crippen LogP contribution in [0.2, 0.25) is 0 Å². The predicted molar refractivity (Wildman–Crippen MR) is 70.5 cm³/mol. The maximum Gasteiger partial charge on any atom is 0.184 e. The summed E-state index contributed by atoms with van der Waals surface area (Å²) in [6, 6.07) is 9.77. The van der Waals surface area contributed by atoms with E-state index in [1.807, 2.05) is 0 Å². The van der Waals surface area contributed by atoms with Crippen molar-refractivity contribution >= 4 is 17.1 Å². The van der Waals surface area contributed by atoms with Crippen molar-refractivity contribution in [3.8, 4) is 17.2 Å². The normalized spacial score (nSPS) is 10.1. The molecule has 2 aromatic rings. The lowest BCUT2D eigenvalue weighted by atomic mass is 10.2. The third-order valence-corrected chi connectivity index (χ3v) is 2.47. The van der Waals surface area contributed by atoms with Crippen LogP contribution in [0.15, 0.2) is 36.4 Å². The SMILES string of the molecule is COc1c(O)cc(N)cc1Nc1ccccc1O. The number of benzene rings is 2. The monoisotopic (exact) mass is 246 g/mol. The molecular formula is C13H14N2O3. The summed E-state index contributed by atoms with van der Waals surface area (Å²) in [7, 11) is 1.45. The fraction of sp³-hybridized carbons (Fsp3) is 0.0769. The minimum absolute atomic E-state index is 0.0598. The van der Waals surface area contributed by atoms with Gasteiger partial charge in [-0.05, 0) is 18.2 Å². The molecule has 2 aromatic carbocycles. The van der Waals surface area contributed by atoms with Gasteiger partial charge in [-0.15, -0.1) is 0 Å². The van der Waals surface area contributed by atoms with Crippen LogP contribution in [0.4, 0.5) is 17.1 Å². The number of nitrogen functional groups attached to an aromatic ring is 1. The number of hydrogen-bond acceptors (Lipinski definition) is 5. The number of hydrogen-bond donors (Lipinski definition) is 4. The van der Waals surface area contributed by atoms with Crippen molar-refractivity contribution in [2.75, 3.05) is 18.2 Å². The van der Waals surface area contributed by atoms with Crippen LogP contribution in [0.3, 0.4) is 0 Å². The number of aromatic hydroxyl groups is 2. The van der Waals surface area contributed by atoms with Crippen molar-refractivity contribution in [1.82, 2.24) is 0 Å². The summed E-state index contributed by atoms with van der Waals surface area (Å²) in [5.41, 5.74) is 7.03. The number of nitrogens with two attached hydrogens (primary N) is 1. The van der Waals surface area contributed by atoms with Crippen LogP contribution in [-0.4, -0.2) is 17.3 Å². The van der Waals surface area contributed by atoms with Gasteiger partial charge in [0.1, 0.15) is 5.75 Å². The van der Waals surface area contributed by atoms with Gasteiger partial charge in [0.15, 0.2) is 11.5 Å². The largest absolute Gasteiger partial charge is 0.506 e. The number of anilines is 3. The first kappa shape index (κ1) is 11.9. The molecule has 0 amide bonds. The highest BCUT2D eigenvalue weighted by Crippen LogP contribution is 2.39. The molecule has 0 bridgehead atoms. The zero-order valence-electron chi connectivity index (χ0n) is 9.84. The molecule has 5 N–H and O–H groups in total. The lowest BCUT2D eigenvalue weighted by Gasteiger charge is -2.14. The molecule has 0 atom stereocenters. The third kappa shape index (κ3) is 2.24. The first-order valence-electron chi connectivity index (χ1n) is 5.33. The molecular weight excluding hydrogens is 232 g/mol. The van der Waals surface area contributed by atoms with Crippen LogP contribution in [0.25, 0.3) is 0 Å². The van der Waals surface area contributed by atoms with Gasteiger partial charge in [0, 0.05) is 11.8 Å². The fourth-order valence-electron chi connectivity index (χ4n) is 1.67. The van der Waals surface area contributed by atoms with E-state index in [1.165, 1.54) is 13.2 Å². The first-order chi connectivity index (χ1) is 8.61. The molecule has 0 aliphatic heterocycles. The van der Waals surface area contributed by atoms with Gasteiger partial charge in [0.2, 0.25) is 0 Å². The Morgan fingerprint density at radius 3 is 2.44 bits per heavy atom. The van der Waals surface area contributed by atoms with Crippen molar-refractivity contribution in [2.24, 2.45) is 0 Å². The molecule has 94 valence electrons. The minimum atomic E-state index is -0.0598. The zero-order valence-corrected chi connectivity index (χ0v) is 9.84. The van der Waals surface area contributed by atoms with E-state index in [4.69, 9.17) is 10.5 Å². The van der Waals surface area contributed by atoms with Gasteiger partial charge in [-0.1, -0.05) is 12.1 Å². The summed E-state index contributed by atoms with van der Waals surface area (Å²) in [4.78, 5) is 0. The molecule has 18 heavy (non-hydrogen) atoms. The van der Waals surface area contributed by atoms with Gasteiger partial charge in [-0.2, -0.15) is 0 Å². The Balaban J connectivity index is 2.43. The number of nitrogens with one attached hydrogen (secondary N) is 1. The highest BCUT2D eigenvalue weighted by molar-refractivity contribution is 5.76. The van der Waals surface area contributed by atoms with Crippen molar-refractivity contribution in [1.29, 1.82) is 0 Å². The summed E-state index contributed by atoms with van der Waals surface area (Å²) < 4.78 is 5.09. The lowest BCUT2D eigenvalue weighted by Crippen LogP contribution is -1.97. The summed E-state index contributed by atoms with van der Waals surface area (Å²) in [6.45, 7) is 0. The summed E-state index contributed by atoms with van der Waals surface area (Å²) >= 11 is 0. The second-order valence-electron chi connectivity index (χ2n) is 3.76. The third-order valence-electron chi connectivity index (χ3n) is 2.47. The average Bonchev–Trinajstić information content (AvgIpc) is 2.31. The number of phenols is 2. The molecule has 5 heteroatoms. The Bertz CT molecular complexity index is 570. The van der Waals surface area contributed by atoms with E-state index in [2.05, 4.69) is 5.32 Å². The standard InChI is InChI=1S/C13H14N2O3/c1-18-13-10(6-8(14)7-12(13)17)15-9-4-2-3-5-11(9)16/h2-7,15-17H,14H2,1H3. The number of para-hydroxylation sites is 2. The molecule has 0 saturated carbocycles. The molecule has 2 rings (SSSR count). The molecule has 5 nitrogen and oxygen atoms in total. The molecule has 0 radical (unpaired) electrons. The van der Waals surface area contributed by atoms with Crippen molar-refractivity contribution in [3.63, 3.8) is 0 Å². The number of phenolic OH excluding ortho intramolecular Hbond substituents is 2. The molecule has 0 aromatic heterocycles. The Hall–Kier alpha value is -2.56. The summed E-state index contributed by atoms with van der Waals surface area (Å²) in [5.74, 6) is 0.310. The van der Waals surface area contributed by atoms with Crippen LogP contribution in [0.1, 0.15) is 0 Å². The smallest absolute Gasteiger partial charge is 0.184 e. The van der Waals surface area contributed by atoms with E-state index in [9.17, 15) is 10.2 Å². The van der Waals surface area contributed by atoms with E-state index in [0.29, 0.717) is 17.1 Å². The average molecular weight is 246 g/mol. The fourth-order valence-corrected chi connectivity index (χ4v) is 1.67. The van der Waals surface area contributed by atoms with Crippen molar-refractivity contribution in [2.45, 2.75) is 0 Å². The minimum Gasteiger partial charge on any atom is -0.506 e. The molecule has 0 aliphatic carbocycles. The molecule has 0 spiro atoms. The number of rotatable bonds is 3. The highest BCUT2D eigenvalue weighted by Gasteiger charge is 2.11. The van der Waals surface area contributed by atoms with E-state index in [0.717, 1.165) is 0 Å². The number of methoxy groups -OCH3 is 1. The molecule has 0 unspecified atom stereocenters. The quantitative estimate of drug-likeness (QED) is 0.493. The lowest BCUT2D eigenvalue weighted by molar-refractivity contribution is 0.375. The van der Waals surface area contributed by atoms with E-state index < -0.39 is 0 Å². The number of ether oxygens (including phenoxy) is 1. The van der Waals surface area contributed by atoms with E-state index >= 15 is 0 Å². The van der Waals surface area contributed by atoms with Gasteiger partial charge in [0.25, 0.3) is 0 Å². The van der Waals surface area contributed by atoms with Crippen LogP contribution < -0.4 is 15.8 Å². The Labute approximate surface area is 104 Å². The Morgan fingerprint density at radius 2 is 1.78 bits per heavy atom. The van der Waals surface area contributed by atoms with Crippen molar-refractivity contribution in [3.05, 3.63) is 36.4 Å². The first-order valence-corrected chi connectivity index (χ1v) is 5.33. The van der Waals surface area contributed by atoms with E-state index in [1.54, 1.807) is 30.3 Å². The van der Waals surface area contributed by atoms with Gasteiger partial charge in [-0.25, -0.2) is 0 Å². The predicted octanol–water partition coefficient (Wildman–Crippen LogP) is 2.43. The van der Waals surface area contributed by atoms with Gasteiger partial charge in [0.05, 0.1) is 18.5 Å². The van der Waals surface area contributed by atoms with Crippen LogP contribution >= 0.6 is 0 Å². The summed E-state index contributed by atoms with van der Waals surface area (Å²) in [6.07, 6.45) is 0. The van der Waals surface area contributed by atoms with Gasteiger partial charge < -0.3 is 26.0 Å². The van der Waals surface area contributed by atoms with Gasteiger partial charge >= 0.3 is 0 Å².